The van der Waals surface area contributed by atoms with Crippen molar-refractivity contribution < 1.29 is 18.7 Å². The van der Waals surface area contributed by atoms with E-state index in [1.54, 1.807) is 23.9 Å². The molecule has 0 spiro atoms. The number of methoxy groups -OCH3 is 1. The van der Waals surface area contributed by atoms with E-state index in [0.29, 0.717) is 29.4 Å². The van der Waals surface area contributed by atoms with E-state index in [-0.39, 0.29) is 18.0 Å². The second-order valence-corrected chi connectivity index (χ2v) is 8.46. The quantitative estimate of drug-likeness (QED) is 0.543. The summed E-state index contributed by atoms with van der Waals surface area (Å²) in [5.74, 6) is 0.307. The Bertz CT molecular complexity index is 1180. The van der Waals surface area contributed by atoms with Crippen LogP contribution in [-0.2, 0) is 9.53 Å². The van der Waals surface area contributed by atoms with Gasteiger partial charge in [-0.3, -0.25) is 9.69 Å². The number of aryl methyl sites for hydroxylation is 2. The number of amides is 1. The number of aromatic nitrogens is 4. The van der Waals surface area contributed by atoms with Crippen molar-refractivity contribution in [2.45, 2.75) is 33.3 Å². The molecule has 1 fully saturated rings. The molecular formula is C24H29FN6O3. The van der Waals surface area contributed by atoms with E-state index in [4.69, 9.17) is 9.47 Å². The third-order valence-corrected chi connectivity index (χ3v) is 5.53. The van der Waals surface area contributed by atoms with Gasteiger partial charge in [0.2, 0.25) is 5.91 Å². The summed E-state index contributed by atoms with van der Waals surface area (Å²) in [4.78, 5) is 23.0. The van der Waals surface area contributed by atoms with Gasteiger partial charge in [0, 0.05) is 57.1 Å². The zero-order valence-corrected chi connectivity index (χ0v) is 19.8. The molecule has 1 unspecified atom stereocenters. The highest BCUT2D eigenvalue weighted by Gasteiger charge is 2.24. The summed E-state index contributed by atoms with van der Waals surface area (Å²) in [7, 11) is 1.68. The molecule has 9 nitrogen and oxygen atoms in total. The number of hydrogen-bond donors (Lipinski definition) is 1. The molecule has 0 aliphatic carbocycles. The minimum Gasteiger partial charge on any atom is -0.489 e. The van der Waals surface area contributed by atoms with Crippen LogP contribution in [0.5, 0.6) is 5.75 Å². The fraction of sp³-hybridized carbons (Fsp3) is 0.417. The SMILES string of the molecule is COCCN1CCC(Oc2cc(F)cc(-c3cc(NC(C)=O)nc(-n4nc(C)cc4C)n3)c2)C1. The van der Waals surface area contributed by atoms with Crippen LogP contribution >= 0.6 is 0 Å². The van der Waals surface area contributed by atoms with Crippen LogP contribution < -0.4 is 10.1 Å². The summed E-state index contributed by atoms with van der Waals surface area (Å²) in [5.41, 5.74) is 2.61. The van der Waals surface area contributed by atoms with Crippen LogP contribution in [0.1, 0.15) is 24.7 Å². The molecule has 1 aliphatic heterocycles. The van der Waals surface area contributed by atoms with Crippen LogP contribution in [0.15, 0.2) is 30.3 Å². The summed E-state index contributed by atoms with van der Waals surface area (Å²) in [6.07, 6.45) is 0.828. The summed E-state index contributed by atoms with van der Waals surface area (Å²) in [5, 5.41) is 7.12. The van der Waals surface area contributed by atoms with Crippen molar-refractivity contribution in [2.24, 2.45) is 0 Å². The second kappa shape index (κ2) is 10.3. The van der Waals surface area contributed by atoms with Gasteiger partial charge in [-0.05, 0) is 38.5 Å². The maximum atomic E-state index is 14.6. The lowest BCUT2D eigenvalue weighted by atomic mass is 10.1. The lowest BCUT2D eigenvalue weighted by molar-refractivity contribution is -0.114. The average Bonchev–Trinajstić information content (AvgIpc) is 3.36. The predicted molar refractivity (Wildman–Crippen MR) is 126 cm³/mol. The van der Waals surface area contributed by atoms with Gasteiger partial charge < -0.3 is 14.8 Å². The fourth-order valence-electron chi connectivity index (χ4n) is 4.04. The minimum absolute atomic E-state index is 0.0305. The highest BCUT2D eigenvalue weighted by Crippen LogP contribution is 2.28. The van der Waals surface area contributed by atoms with Crippen molar-refractivity contribution in [2.75, 3.05) is 38.7 Å². The number of carbonyl (C=O) groups is 1. The van der Waals surface area contributed by atoms with E-state index in [9.17, 15) is 9.18 Å². The number of nitrogens with one attached hydrogen (secondary N) is 1. The van der Waals surface area contributed by atoms with Gasteiger partial charge in [0.05, 0.1) is 18.0 Å². The monoisotopic (exact) mass is 468 g/mol. The van der Waals surface area contributed by atoms with Crippen LogP contribution in [0.3, 0.4) is 0 Å². The van der Waals surface area contributed by atoms with Crippen LogP contribution in [0, 0.1) is 19.7 Å². The third kappa shape index (κ3) is 5.75. The van der Waals surface area contributed by atoms with Crippen molar-refractivity contribution in [1.29, 1.82) is 0 Å². The van der Waals surface area contributed by atoms with Gasteiger partial charge in [-0.25, -0.2) is 14.1 Å². The molecule has 10 heteroatoms. The Balaban J connectivity index is 1.64. The van der Waals surface area contributed by atoms with E-state index in [1.165, 1.54) is 19.1 Å². The van der Waals surface area contributed by atoms with Crippen molar-refractivity contribution in [3.05, 3.63) is 47.5 Å². The molecule has 1 aliphatic rings. The first-order valence-electron chi connectivity index (χ1n) is 11.2. The zero-order valence-electron chi connectivity index (χ0n) is 19.8. The molecule has 34 heavy (non-hydrogen) atoms. The van der Waals surface area contributed by atoms with E-state index in [1.807, 2.05) is 19.9 Å². The fourth-order valence-corrected chi connectivity index (χ4v) is 4.04. The standard InChI is InChI=1S/C24H29FN6O3/c1-15-9-16(2)31(29-15)24-27-22(13-23(28-24)26-17(3)32)18-10-19(25)12-21(11-18)34-20-5-6-30(14-20)7-8-33-4/h9-13,20H,5-8,14H2,1-4H3,(H,26,27,28,32). The van der Waals surface area contributed by atoms with E-state index in [0.717, 1.165) is 37.4 Å². The molecule has 1 amide bonds. The Kier molecular flexibility index (Phi) is 7.18. The lowest BCUT2D eigenvalue weighted by Crippen LogP contribution is -2.27. The van der Waals surface area contributed by atoms with Crippen molar-refractivity contribution in [1.82, 2.24) is 24.6 Å². The molecule has 1 saturated heterocycles. The van der Waals surface area contributed by atoms with Crippen LogP contribution in [-0.4, -0.2) is 70.0 Å². The predicted octanol–water partition coefficient (Wildman–Crippen LogP) is 3.14. The molecule has 0 radical (unpaired) electrons. The molecule has 3 heterocycles. The molecule has 1 N–H and O–H groups in total. The number of likely N-dealkylation sites (tertiary alicyclic amines) is 1. The van der Waals surface area contributed by atoms with E-state index >= 15 is 0 Å². The van der Waals surface area contributed by atoms with Crippen LogP contribution in [0.25, 0.3) is 17.2 Å². The third-order valence-electron chi connectivity index (χ3n) is 5.53. The molecule has 0 bridgehead atoms. The molecular weight excluding hydrogens is 439 g/mol. The molecule has 1 atom stereocenters. The Labute approximate surface area is 197 Å². The first-order valence-corrected chi connectivity index (χ1v) is 11.2. The number of anilines is 1. The van der Waals surface area contributed by atoms with Gasteiger partial charge in [-0.1, -0.05) is 0 Å². The molecule has 0 saturated carbocycles. The number of rotatable bonds is 8. The number of hydrogen-bond acceptors (Lipinski definition) is 7. The van der Waals surface area contributed by atoms with Gasteiger partial charge in [-0.15, -0.1) is 0 Å². The van der Waals surface area contributed by atoms with Gasteiger partial charge >= 0.3 is 0 Å². The van der Waals surface area contributed by atoms with Gasteiger partial charge in [0.15, 0.2) is 0 Å². The van der Waals surface area contributed by atoms with E-state index in [2.05, 4.69) is 25.3 Å². The van der Waals surface area contributed by atoms with Crippen LogP contribution in [0.2, 0.25) is 0 Å². The second-order valence-electron chi connectivity index (χ2n) is 8.46. The summed E-state index contributed by atoms with van der Waals surface area (Å²) >= 11 is 0. The van der Waals surface area contributed by atoms with Crippen molar-refractivity contribution in [3.8, 4) is 23.0 Å². The molecule has 4 rings (SSSR count). The average molecular weight is 469 g/mol. The summed E-state index contributed by atoms with van der Waals surface area (Å²) in [6, 6.07) is 8.03. The maximum absolute atomic E-state index is 14.6. The Morgan fingerprint density at radius 3 is 2.74 bits per heavy atom. The Morgan fingerprint density at radius 2 is 2.03 bits per heavy atom. The summed E-state index contributed by atoms with van der Waals surface area (Å²) in [6.45, 7) is 8.34. The van der Waals surface area contributed by atoms with Gasteiger partial charge in [0.1, 0.15) is 23.5 Å². The number of nitrogens with zero attached hydrogens (tertiary/aromatic N) is 5. The number of carbonyl (C=O) groups excluding carboxylic acids is 1. The normalized spacial score (nSPS) is 16.1. The largest absolute Gasteiger partial charge is 0.489 e. The smallest absolute Gasteiger partial charge is 0.253 e. The maximum Gasteiger partial charge on any atom is 0.253 e. The molecule has 180 valence electrons. The number of halogens is 1. The number of benzene rings is 1. The van der Waals surface area contributed by atoms with Crippen molar-refractivity contribution in [3.63, 3.8) is 0 Å². The first kappa shape index (κ1) is 23.8. The molecule has 3 aromatic rings. The zero-order chi connectivity index (χ0) is 24.2. The topological polar surface area (TPSA) is 94.4 Å². The van der Waals surface area contributed by atoms with Gasteiger partial charge in [0.25, 0.3) is 5.95 Å². The molecule has 1 aromatic carbocycles. The first-order chi connectivity index (χ1) is 16.3. The van der Waals surface area contributed by atoms with Crippen molar-refractivity contribution >= 4 is 11.7 Å². The highest BCUT2D eigenvalue weighted by molar-refractivity contribution is 5.88. The van der Waals surface area contributed by atoms with Gasteiger partial charge in [-0.2, -0.15) is 10.1 Å². The van der Waals surface area contributed by atoms with Crippen LogP contribution in [0.4, 0.5) is 10.2 Å². The Morgan fingerprint density at radius 1 is 1.21 bits per heavy atom. The highest BCUT2D eigenvalue weighted by atomic mass is 19.1. The number of ether oxygens (including phenoxy) is 2. The molecule has 2 aromatic heterocycles. The Hall–Kier alpha value is -3.37. The summed E-state index contributed by atoms with van der Waals surface area (Å²) < 4.78 is 27.4. The van der Waals surface area contributed by atoms with E-state index < -0.39 is 5.82 Å². The minimum atomic E-state index is -0.436. The lowest BCUT2D eigenvalue weighted by Gasteiger charge is -2.17.